The number of aromatic nitrogens is 1. The fraction of sp³-hybridized carbons (Fsp3) is 0.444. The highest BCUT2D eigenvalue weighted by Gasteiger charge is 2.19. The topological polar surface area (TPSA) is 38.9 Å². The molecule has 0 aliphatic carbocycles. The SMILES string of the molecule is CC(C)(C)c1nccc(Cl)c1N. The van der Waals surface area contributed by atoms with Crippen molar-refractivity contribution in [2.45, 2.75) is 26.2 Å². The van der Waals surface area contributed by atoms with Crippen LogP contribution in [0.5, 0.6) is 0 Å². The Labute approximate surface area is 77.8 Å². The van der Waals surface area contributed by atoms with Gasteiger partial charge in [0.05, 0.1) is 16.4 Å². The van der Waals surface area contributed by atoms with Crippen LogP contribution in [0.25, 0.3) is 0 Å². The molecule has 1 aromatic rings. The molecule has 0 saturated carbocycles. The molecule has 3 heteroatoms. The van der Waals surface area contributed by atoms with Crippen molar-refractivity contribution in [3.8, 4) is 0 Å². The molecule has 1 heterocycles. The average molecular weight is 185 g/mol. The molecule has 1 rings (SSSR count). The molecule has 0 radical (unpaired) electrons. The summed E-state index contributed by atoms with van der Waals surface area (Å²) in [5.74, 6) is 0. The number of rotatable bonds is 0. The number of hydrogen-bond acceptors (Lipinski definition) is 2. The minimum Gasteiger partial charge on any atom is -0.396 e. The van der Waals surface area contributed by atoms with Crippen LogP contribution in [0.2, 0.25) is 5.02 Å². The maximum Gasteiger partial charge on any atom is 0.0728 e. The first-order chi connectivity index (χ1) is 5.43. The summed E-state index contributed by atoms with van der Waals surface area (Å²) < 4.78 is 0. The van der Waals surface area contributed by atoms with E-state index in [1.807, 2.05) is 0 Å². The Morgan fingerprint density at radius 2 is 2.00 bits per heavy atom. The Bertz CT molecular complexity index is 289. The van der Waals surface area contributed by atoms with E-state index in [9.17, 15) is 0 Å². The molecule has 0 bridgehead atoms. The van der Waals surface area contributed by atoms with E-state index in [2.05, 4.69) is 25.8 Å². The molecule has 2 nitrogen and oxygen atoms in total. The highest BCUT2D eigenvalue weighted by molar-refractivity contribution is 6.33. The first kappa shape index (κ1) is 9.33. The maximum absolute atomic E-state index is 5.85. The fourth-order valence-electron chi connectivity index (χ4n) is 1.05. The number of nitrogens with zero attached hydrogens (tertiary/aromatic N) is 1. The minimum atomic E-state index is -0.0466. The van der Waals surface area contributed by atoms with Gasteiger partial charge in [-0.1, -0.05) is 32.4 Å². The summed E-state index contributed by atoms with van der Waals surface area (Å²) >= 11 is 5.85. The number of pyridine rings is 1. The van der Waals surface area contributed by atoms with Gasteiger partial charge in [-0.15, -0.1) is 0 Å². The van der Waals surface area contributed by atoms with Crippen LogP contribution in [0.1, 0.15) is 26.5 Å². The van der Waals surface area contributed by atoms with Crippen molar-refractivity contribution in [2.75, 3.05) is 5.73 Å². The van der Waals surface area contributed by atoms with Crippen molar-refractivity contribution in [1.29, 1.82) is 0 Å². The van der Waals surface area contributed by atoms with Gasteiger partial charge in [0.25, 0.3) is 0 Å². The summed E-state index contributed by atoms with van der Waals surface area (Å²) in [6, 6.07) is 1.70. The van der Waals surface area contributed by atoms with Crippen LogP contribution >= 0.6 is 11.6 Å². The highest BCUT2D eigenvalue weighted by atomic mass is 35.5. The normalized spacial score (nSPS) is 11.7. The Morgan fingerprint density at radius 1 is 1.42 bits per heavy atom. The molecule has 0 saturated heterocycles. The second kappa shape index (κ2) is 2.94. The van der Waals surface area contributed by atoms with E-state index < -0.39 is 0 Å². The number of nitrogen functional groups attached to an aromatic ring is 1. The van der Waals surface area contributed by atoms with Crippen LogP contribution in [-0.2, 0) is 5.41 Å². The zero-order valence-electron chi connectivity index (χ0n) is 7.56. The van der Waals surface area contributed by atoms with Crippen LogP contribution in [0, 0.1) is 0 Å². The molecule has 0 amide bonds. The smallest absolute Gasteiger partial charge is 0.0728 e. The largest absolute Gasteiger partial charge is 0.396 e. The lowest BCUT2D eigenvalue weighted by Gasteiger charge is -2.19. The summed E-state index contributed by atoms with van der Waals surface area (Å²) in [6.45, 7) is 6.17. The first-order valence-electron chi connectivity index (χ1n) is 3.83. The molecule has 66 valence electrons. The predicted molar refractivity (Wildman–Crippen MR) is 52.4 cm³/mol. The van der Waals surface area contributed by atoms with E-state index in [4.69, 9.17) is 17.3 Å². The van der Waals surface area contributed by atoms with Gasteiger partial charge >= 0.3 is 0 Å². The van der Waals surface area contributed by atoms with Gasteiger partial charge in [-0.3, -0.25) is 4.98 Å². The Kier molecular flexibility index (Phi) is 2.29. The van der Waals surface area contributed by atoms with Gasteiger partial charge in [0.15, 0.2) is 0 Å². The second-order valence-electron chi connectivity index (χ2n) is 3.81. The fourth-order valence-corrected chi connectivity index (χ4v) is 1.19. The summed E-state index contributed by atoms with van der Waals surface area (Å²) in [4.78, 5) is 4.20. The second-order valence-corrected chi connectivity index (χ2v) is 4.21. The predicted octanol–water partition coefficient (Wildman–Crippen LogP) is 2.61. The number of nitrogens with two attached hydrogens (primary N) is 1. The standard InChI is InChI=1S/C9H13ClN2/c1-9(2,3)8-7(11)6(10)4-5-12-8/h4-5H,11H2,1-3H3. The lowest BCUT2D eigenvalue weighted by Crippen LogP contribution is -2.16. The van der Waals surface area contributed by atoms with Gasteiger partial charge in [-0.05, 0) is 6.07 Å². The average Bonchev–Trinajstić information content (AvgIpc) is 1.92. The van der Waals surface area contributed by atoms with E-state index in [0.29, 0.717) is 10.7 Å². The summed E-state index contributed by atoms with van der Waals surface area (Å²) in [6.07, 6.45) is 1.68. The van der Waals surface area contributed by atoms with Crippen LogP contribution < -0.4 is 5.73 Å². The number of hydrogen-bond donors (Lipinski definition) is 1. The minimum absolute atomic E-state index is 0.0466. The quantitative estimate of drug-likeness (QED) is 0.673. The number of halogens is 1. The van der Waals surface area contributed by atoms with Crippen molar-refractivity contribution < 1.29 is 0 Å². The molecule has 2 N–H and O–H groups in total. The van der Waals surface area contributed by atoms with Gasteiger partial charge in [0.1, 0.15) is 0 Å². The van der Waals surface area contributed by atoms with Crippen molar-refractivity contribution in [2.24, 2.45) is 0 Å². The van der Waals surface area contributed by atoms with Gasteiger partial charge in [0, 0.05) is 11.6 Å². The Hall–Kier alpha value is -0.760. The Morgan fingerprint density at radius 3 is 2.42 bits per heavy atom. The third kappa shape index (κ3) is 1.69. The summed E-state index contributed by atoms with van der Waals surface area (Å²) in [7, 11) is 0. The molecular formula is C9H13ClN2. The van der Waals surface area contributed by atoms with Crippen molar-refractivity contribution in [3.05, 3.63) is 23.0 Å². The molecule has 0 aliphatic heterocycles. The molecule has 1 aromatic heterocycles. The molecule has 12 heavy (non-hydrogen) atoms. The Balaban J connectivity index is 3.26. The van der Waals surface area contributed by atoms with Crippen LogP contribution in [0.3, 0.4) is 0 Å². The van der Waals surface area contributed by atoms with E-state index in [0.717, 1.165) is 5.69 Å². The molecule has 0 spiro atoms. The highest BCUT2D eigenvalue weighted by Crippen LogP contribution is 2.29. The molecule has 0 unspecified atom stereocenters. The van der Waals surface area contributed by atoms with Gasteiger partial charge in [-0.2, -0.15) is 0 Å². The van der Waals surface area contributed by atoms with Gasteiger partial charge in [0.2, 0.25) is 0 Å². The molecule has 0 atom stereocenters. The van der Waals surface area contributed by atoms with Crippen LogP contribution in [0.4, 0.5) is 5.69 Å². The van der Waals surface area contributed by atoms with E-state index in [1.54, 1.807) is 12.3 Å². The first-order valence-corrected chi connectivity index (χ1v) is 4.21. The monoisotopic (exact) mass is 184 g/mol. The summed E-state index contributed by atoms with van der Waals surface area (Å²) in [5, 5.41) is 0.579. The van der Waals surface area contributed by atoms with Crippen molar-refractivity contribution in [3.63, 3.8) is 0 Å². The third-order valence-electron chi connectivity index (χ3n) is 1.65. The molecule has 0 fully saturated rings. The maximum atomic E-state index is 5.85. The zero-order chi connectivity index (χ0) is 9.35. The van der Waals surface area contributed by atoms with E-state index >= 15 is 0 Å². The van der Waals surface area contributed by atoms with Crippen LogP contribution in [-0.4, -0.2) is 4.98 Å². The molecular weight excluding hydrogens is 172 g/mol. The van der Waals surface area contributed by atoms with Crippen molar-refractivity contribution >= 4 is 17.3 Å². The lowest BCUT2D eigenvalue weighted by molar-refractivity contribution is 0.571. The third-order valence-corrected chi connectivity index (χ3v) is 1.98. The zero-order valence-corrected chi connectivity index (χ0v) is 8.31. The number of anilines is 1. The van der Waals surface area contributed by atoms with Crippen LogP contribution in [0.15, 0.2) is 12.3 Å². The van der Waals surface area contributed by atoms with E-state index in [-0.39, 0.29) is 5.41 Å². The molecule has 0 aromatic carbocycles. The van der Waals surface area contributed by atoms with E-state index in [1.165, 1.54) is 0 Å². The summed E-state index contributed by atoms with van der Waals surface area (Å²) in [5.41, 5.74) is 7.17. The van der Waals surface area contributed by atoms with Crippen molar-refractivity contribution in [1.82, 2.24) is 4.98 Å². The lowest BCUT2D eigenvalue weighted by atomic mass is 9.90. The van der Waals surface area contributed by atoms with Gasteiger partial charge in [-0.25, -0.2) is 0 Å². The molecule has 0 aliphatic rings. The van der Waals surface area contributed by atoms with Gasteiger partial charge < -0.3 is 5.73 Å².